The molecule has 3 aromatic rings. The number of carbonyl (C=O) groups is 1. The third-order valence-electron chi connectivity index (χ3n) is 6.48. The molecule has 0 radical (unpaired) electrons. The van der Waals surface area contributed by atoms with Crippen molar-refractivity contribution >= 4 is 11.7 Å². The Labute approximate surface area is 188 Å². The number of fused-ring (bicyclic) bond motifs is 2. The number of piperidine rings is 1. The van der Waals surface area contributed by atoms with E-state index in [0.29, 0.717) is 19.0 Å². The van der Waals surface area contributed by atoms with Crippen LogP contribution in [0.3, 0.4) is 0 Å². The number of hydrogen-bond acceptors (Lipinski definition) is 4. The monoisotopic (exact) mass is 429 g/mol. The average molecular weight is 430 g/mol. The molecule has 3 fully saturated rings. The summed E-state index contributed by atoms with van der Waals surface area (Å²) < 4.78 is 10.4. The molecule has 0 aromatic heterocycles. The van der Waals surface area contributed by atoms with Gasteiger partial charge in [-0.2, -0.15) is 0 Å². The van der Waals surface area contributed by atoms with Crippen LogP contribution in [0.2, 0.25) is 0 Å². The molecule has 1 unspecified atom stereocenters. The topological polar surface area (TPSA) is 62.8 Å². The van der Waals surface area contributed by atoms with Crippen molar-refractivity contribution in [1.29, 1.82) is 0 Å². The van der Waals surface area contributed by atoms with E-state index in [1.807, 2.05) is 41.3 Å². The summed E-state index contributed by atoms with van der Waals surface area (Å²) in [5, 5.41) is 6.59. The largest absolute Gasteiger partial charge is 0.497 e. The van der Waals surface area contributed by atoms with Crippen molar-refractivity contribution in [3.8, 4) is 22.6 Å². The number of urea groups is 1. The van der Waals surface area contributed by atoms with Gasteiger partial charge in [0.15, 0.2) is 0 Å². The second kappa shape index (κ2) is 8.55. The van der Waals surface area contributed by atoms with E-state index in [2.05, 4.69) is 47.0 Å². The first-order valence-electron chi connectivity index (χ1n) is 10.8. The van der Waals surface area contributed by atoms with Gasteiger partial charge in [-0.05, 0) is 53.1 Å². The predicted octanol–water partition coefficient (Wildman–Crippen LogP) is 4.34. The lowest BCUT2D eigenvalue weighted by atomic mass is 9.74. The lowest BCUT2D eigenvalue weighted by molar-refractivity contribution is 0.0759. The minimum atomic E-state index is -0.0556. The maximum absolute atomic E-state index is 12.7. The third-order valence-corrected chi connectivity index (χ3v) is 6.48. The summed E-state index contributed by atoms with van der Waals surface area (Å²) in [6.45, 7) is 1.40. The summed E-state index contributed by atoms with van der Waals surface area (Å²) in [4.78, 5) is 14.6. The van der Waals surface area contributed by atoms with Crippen LogP contribution < -0.4 is 20.1 Å². The fourth-order valence-electron chi connectivity index (χ4n) is 4.71. The molecular formula is C26H27N3O3. The molecule has 3 saturated heterocycles. The molecule has 164 valence electrons. The fourth-order valence-corrected chi connectivity index (χ4v) is 4.71. The molecule has 6 heteroatoms. The zero-order chi connectivity index (χ0) is 22.1. The fraction of sp³-hybridized carbons (Fsp3) is 0.269. The number of ether oxygens (including phenoxy) is 2. The van der Waals surface area contributed by atoms with Crippen LogP contribution in [0.4, 0.5) is 10.5 Å². The first kappa shape index (κ1) is 20.4. The van der Waals surface area contributed by atoms with Crippen molar-refractivity contribution in [3.63, 3.8) is 0 Å². The van der Waals surface area contributed by atoms with E-state index in [1.165, 1.54) is 16.7 Å². The second-order valence-corrected chi connectivity index (χ2v) is 8.32. The van der Waals surface area contributed by atoms with E-state index in [4.69, 9.17) is 9.47 Å². The van der Waals surface area contributed by atoms with Gasteiger partial charge in [-0.3, -0.25) is 0 Å². The summed E-state index contributed by atoms with van der Waals surface area (Å²) in [5.41, 5.74) is 4.46. The van der Waals surface area contributed by atoms with E-state index in [9.17, 15) is 4.79 Å². The number of hydrogen-bond donors (Lipinski definition) is 2. The Morgan fingerprint density at radius 2 is 1.31 bits per heavy atom. The lowest BCUT2D eigenvalue weighted by Gasteiger charge is -2.54. The van der Waals surface area contributed by atoms with Gasteiger partial charge in [0, 0.05) is 36.8 Å². The molecule has 3 aliphatic heterocycles. The van der Waals surface area contributed by atoms with Crippen LogP contribution in [0.25, 0.3) is 11.1 Å². The highest BCUT2D eigenvalue weighted by atomic mass is 16.5. The lowest BCUT2D eigenvalue weighted by Crippen LogP contribution is -2.72. The Hall–Kier alpha value is -3.51. The molecule has 0 spiro atoms. The predicted molar refractivity (Wildman–Crippen MR) is 125 cm³/mol. The molecule has 32 heavy (non-hydrogen) atoms. The van der Waals surface area contributed by atoms with Gasteiger partial charge in [-0.1, -0.05) is 36.4 Å². The maximum Gasteiger partial charge on any atom is 0.321 e. The Bertz CT molecular complexity index is 1070. The molecule has 2 amide bonds. The third kappa shape index (κ3) is 3.89. The Morgan fingerprint density at radius 1 is 0.812 bits per heavy atom. The minimum Gasteiger partial charge on any atom is -0.497 e. The summed E-state index contributed by atoms with van der Waals surface area (Å²) in [6, 6.07) is 24.8. The van der Waals surface area contributed by atoms with Crippen LogP contribution in [-0.2, 0) is 0 Å². The molecule has 2 N–H and O–H groups in total. The van der Waals surface area contributed by atoms with Crippen LogP contribution in [0.1, 0.15) is 11.5 Å². The standard InChI is InChI=1S/C26H27N3O3/c1-31-21-11-7-18(8-12-21)17-3-5-19(6-4-17)25-23-15-29(16-24(25)28-23)26(30)27-20-9-13-22(32-2)14-10-20/h3-14,23-25,28H,15-16H2,1-2H3,(H,27,30)/t23-,24+,25?. The van der Waals surface area contributed by atoms with Crippen LogP contribution in [0, 0.1) is 0 Å². The Balaban J connectivity index is 1.21. The van der Waals surface area contributed by atoms with Gasteiger partial charge in [0.25, 0.3) is 0 Å². The molecule has 6 rings (SSSR count). The number of rotatable bonds is 5. The smallest absolute Gasteiger partial charge is 0.321 e. The summed E-state index contributed by atoms with van der Waals surface area (Å²) in [6.07, 6.45) is 0. The molecule has 2 bridgehead atoms. The number of piperazine rings is 1. The summed E-state index contributed by atoms with van der Waals surface area (Å²) >= 11 is 0. The van der Waals surface area contributed by atoms with Gasteiger partial charge in [0.05, 0.1) is 14.2 Å². The number of anilines is 1. The van der Waals surface area contributed by atoms with Crippen LogP contribution >= 0.6 is 0 Å². The van der Waals surface area contributed by atoms with Crippen molar-refractivity contribution in [2.75, 3.05) is 32.6 Å². The molecular weight excluding hydrogens is 402 g/mol. The highest BCUT2D eigenvalue weighted by Crippen LogP contribution is 2.37. The number of methoxy groups -OCH3 is 2. The Morgan fingerprint density at radius 3 is 1.84 bits per heavy atom. The van der Waals surface area contributed by atoms with Crippen LogP contribution in [-0.4, -0.2) is 50.3 Å². The van der Waals surface area contributed by atoms with Crippen molar-refractivity contribution < 1.29 is 14.3 Å². The molecule has 6 nitrogen and oxygen atoms in total. The molecule has 0 saturated carbocycles. The quantitative estimate of drug-likeness (QED) is 0.633. The van der Waals surface area contributed by atoms with Crippen molar-refractivity contribution in [2.24, 2.45) is 0 Å². The Kier molecular flexibility index (Phi) is 5.45. The van der Waals surface area contributed by atoms with Crippen molar-refractivity contribution in [3.05, 3.63) is 78.4 Å². The highest BCUT2D eigenvalue weighted by Gasteiger charge is 2.48. The summed E-state index contributed by atoms with van der Waals surface area (Å²) in [5.74, 6) is 2.07. The molecule has 0 aliphatic carbocycles. The van der Waals surface area contributed by atoms with Gasteiger partial charge >= 0.3 is 6.03 Å². The minimum absolute atomic E-state index is 0.0556. The van der Waals surface area contributed by atoms with Crippen molar-refractivity contribution in [2.45, 2.75) is 18.0 Å². The zero-order valence-electron chi connectivity index (χ0n) is 18.2. The van der Waals surface area contributed by atoms with Crippen LogP contribution in [0.5, 0.6) is 11.5 Å². The molecule has 3 aromatic carbocycles. The first-order valence-corrected chi connectivity index (χ1v) is 10.8. The average Bonchev–Trinajstić information content (AvgIpc) is 2.85. The highest BCUT2D eigenvalue weighted by molar-refractivity contribution is 5.89. The van der Waals surface area contributed by atoms with Gasteiger partial charge in [0.1, 0.15) is 11.5 Å². The normalized spacial score (nSPS) is 21.4. The maximum atomic E-state index is 12.7. The zero-order valence-corrected chi connectivity index (χ0v) is 18.2. The van der Waals surface area contributed by atoms with Crippen LogP contribution in [0.15, 0.2) is 72.8 Å². The second-order valence-electron chi connectivity index (χ2n) is 8.32. The number of nitrogens with zero attached hydrogens (tertiary/aromatic N) is 1. The van der Waals surface area contributed by atoms with Crippen molar-refractivity contribution in [1.82, 2.24) is 10.2 Å². The van der Waals surface area contributed by atoms with E-state index in [-0.39, 0.29) is 18.1 Å². The summed E-state index contributed by atoms with van der Waals surface area (Å²) in [7, 11) is 3.31. The van der Waals surface area contributed by atoms with E-state index in [0.717, 1.165) is 17.2 Å². The van der Waals surface area contributed by atoms with E-state index in [1.54, 1.807) is 14.2 Å². The SMILES string of the molecule is COc1ccc(NC(=O)N2C[C@@H]3N[C@H](C2)C3c2ccc(-c3ccc(OC)cc3)cc2)cc1. The van der Waals surface area contributed by atoms with E-state index >= 15 is 0 Å². The molecule has 3 aliphatic rings. The number of benzene rings is 3. The van der Waals surface area contributed by atoms with Gasteiger partial charge < -0.3 is 25.0 Å². The van der Waals surface area contributed by atoms with Gasteiger partial charge in [-0.15, -0.1) is 0 Å². The first-order chi connectivity index (χ1) is 15.6. The van der Waals surface area contributed by atoms with Gasteiger partial charge in [-0.25, -0.2) is 4.79 Å². The molecule has 3 heterocycles. The van der Waals surface area contributed by atoms with E-state index < -0.39 is 0 Å². The number of carbonyl (C=O) groups excluding carboxylic acids is 1. The molecule has 3 atom stereocenters. The number of amides is 2. The number of nitrogens with one attached hydrogen (secondary N) is 2. The van der Waals surface area contributed by atoms with Gasteiger partial charge in [0.2, 0.25) is 0 Å².